The molecule has 2 aromatic carbocycles. The summed E-state index contributed by atoms with van der Waals surface area (Å²) in [5.74, 6) is -0.231. The van der Waals surface area contributed by atoms with E-state index in [-0.39, 0.29) is 36.0 Å². The normalized spacial score (nSPS) is 13.3. The summed E-state index contributed by atoms with van der Waals surface area (Å²) in [5.41, 5.74) is 3.58. The summed E-state index contributed by atoms with van der Waals surface area (Å²) in [6.45, 7) is 5.68. The maximum Gasteiger partial charge on any atom is 0.224 e. The Balaban J connectivity index is 1.55. The number of amides is 1. The highest BCUT2D eigenvalue weighted by atomic mass is 19.1. The van der Waals surface area contributed by atoms with Crippen LogP contribution in [0.5, 0.6) is 0 Å². The Hall–Kier alpha value is -2.53. The molecule has 4 nitrogen and oxygen atoms in total. The number of nitrogens with one attached hydrogen (secondary N) is 2. The Kier molecular flexibility index (Phi) is 6.57. The number of hydrogen-bond acceptors (Lipinski definition) is 3. The maximum absolute atomic E-state index is 14.6. The number of ketones is 1. The van der Waals surface area contributed by atoms with Gasteiger partial charge in [0, 0.05) is 24.9 Å². The molecular formula is C23H27FN2O2. The number of hydrogen-bond donors (Lipinski definition) is 2. The van der Waals surface area contributed by atoms with Gasteiger partial charge in [0.2, 0.25) is 5.91 Å². The van der Waals surface area contributed by atoms with Crippen molar-refractivity contribution in [2.24, 2.45) is 5.92 Å². The molecule has 0 fully saturated rings. The predicted molar refractivity (Wildman–Crippen MR) is 109 cm³/mol. The summed E-state index contributed by atoms with van der Waals surface area (Å²) in [6.07, 6.45) is 1.71. The highest BCUT2D eigenvalue weighted by Crippen LogP contribution is 2.24. The van der Waals surface area contributed by atoms with Crippen molar-refractivity contribution in [2.75, 3.05) is 11.9 Å². The summed E-state index contributed by atoms with van der Waals surface area (Å²) < 4.78 is 14.6. The van der Waals surface area contributed by atoms with Gasteiger partial charge in [-0.2, -0.15) is 0 Å². The summed E-state index contributed by atoms with van der Waals surface area (Å²) in [4.78, 5) is 24.5. The van der Waals surface area contributed by atoms with Crippen molar-refractivity contribution in [1.82, 2.24) is 5.32 Å². The topological polar surface area (TPSA) is 58.2 Å². The van der Waals surface area contributed by atoms with Gasteiger partial charge in [-0.3, -0.25) is 9.59 Å². The van der Waals surface area contributed by atoms with E-state index in [0.29, 0.717) is 30.0 Å². The van der Waals surface area contributed by atoms with Crippen LogP contribution >= 0.6 is 0 Å². The van der Waals surface area contributed by atoms with Crippen LogP contribution in [-0.4, -0.2) is 18.2 Å². The molecule has 1 aliphatic rings. The Labute approximate surface area is 165 Å². The monoisotopic (exact) mass is 382 g/mol. The molecule has 0 aliphatic carbocycles. The van der Waals surface area contributed by atoms with Crippen LogP contribution in [-0.2, 0) is 24.2 Å². The molecule has 3 rings (SSSR count). The molecule has 0 saturated carbocycles. The number of benzene rings is 2. The third-order valence-corrected chi connectivity index (χ3v) is 4.98. The summed E-state index contributed by atoms with van der Waals surface area (Å²) >= 11 is 0. The molecule has 1 heterocycles. The molecule has 0 saturated heterocycles. The van der Waals surface area contributed by atoms with Crippen molar-refractivity contribution < 1.29 is 14.0 Å². The summed E-state index contributed by atoms with van der Waals surface area (Å²) in [7, 11) is 0. The van der Waals surface area contributed by atoms with Crippen molar-refractivity contribution in [3.63, 3.8) is 0 Å². The second kappa shape index (κ2) is 9.11. The lowest BCUT2D eigenvalue weighted by Crippen LogP contribution is -2.25. The van der Waals surface area contributed by atoms with Gasteiger partial charge in [-0.1, -0.05) is 44.2 Å². The minimum Gasteiger partial charge on any atom is -0.324 e. The first-order valence-electron chi connectivity index (χ1n) is 9.87. The first-order valence-corrected chi connectivity index (χ1v) is 9.87. The molecule has 0 radical (unpaired) electrons. The smallest absolute Gasteiger partial charge is 0.224 e. The molecule has 0 aromatic heterocycles. The maximum atomic E-state index is 14.6. The van der Waals surface area contributed by atoms with Crippen LogP contribution in [0.1, 0.15) is 53.7 Å². The summed E-state index contributed by atoms with van der Waals surface area (Å²) in [5, 5.41) is 5.81. The average Bonchev–Trinajstić information content (AvgIpc) is 2.68. The first-order chi connectivity index (χ1) is 13.4. The quantitative estimate of drug-likeness (QED) is 0.703. The second-order valence-electron chi connectivity index (χ2n) is 7.76. The van der Waals surface area contributed by atoms with Gasteiger partial charge in [-0.25, -0.2) is 4.39 Å². The third-order valence-electron chi connectivity index (χ3n) is 4.98. The number of anilines is 1. The van der Waals surface area contributed by atoms with Crippen LogP contribution < -0.4 is 10.6 Å². The van der Waals surface area contributed by atoms with E-state index in [1.807, 2.05) is 30.3 Å². The van der Waals surface area contributed by atoms with Gasteiger partial charge >= 0.3 is 0 Å². The van der Waals surface area contributed by atoms with E-state index in [4.69, 9.17) is 0 Å². The van der Waals surface area contributed by atoms with E-state index >= 15 is 0 Å². The van der Waals surface area contributed by atoms with Gasteiger partial charge in [0.15, 0.2) is 5.78 Å². The molecule has 0 bridgehead atoms. The Morgan fingerprint density at radius 3 is 2.57 bits per heavy atom. The lowest BCUT2D eigenvalue weighted by Gasteiger charge is -2.19. The highest BCUT2D eigenvalue weighted by Gasteiger charge is 2.18. The zero-order chi connectivity index (χ0) is 20.1. The van der Waals surface area contributed by atoms with Crippen LogP contribution in [0.25, 0.3) is 0 Å². The Morgan fingerprint density at radius 2 is 1.86 bits per heavy atom. The van der Waals surface area contributed by atoms with Crippen LogP contribution in [0.15, 0.2) is 36.4 Å². The Morgan fingerprint density at radius 1 is 1.11 bits per heavy atom. The molecule has 1 aliphatic heterocycles. The molecule has 2 aromatic rings. The van der Waals surface area contributed by atoms with Gasteiger partial charge in [-0.05, 0) is 48.1 Å². The van der Waals surface area contributed by atoms with E-state index < -0.39 is 0 Å². The molecule has 28 heavy (non-hydrogen) atoms. The fourth-order valence-corrected chi connectivity index (χ4v) is 3.51. The largest absolute Gasteiger partial charge is 0.324 e. The number of carbonyl (C=O) groups is 2. The van der Waals surface area contributed by atoms with E-state index in [1.54, 1.807) is 6.07 Å². The fraction of sp³-hybridized carbons (Fsp3) is 0.391. The second-order valence-corrected chi connectivity index (χ2v) is 7.76. The van der Waals surface area contributed by atoms with Gasteiger partial charge < -0.3 is 10.6 Å². The number of carbonyl (C=O) groups excluding carboxylic acids is 2. The zero-order valence-corrected chi connectivity index (χ0v) is 16.5. The third kappa shape index (κ3) is 5.04. The van der Waals surface area contributed by atoms with E-state index in [9.17, 15) is 14.0 Å². The molecule has 1 amide bonds. The lowest BCUT2D eigenvalue weighted by atomic mass is 9.99. The minimum atomic E-state index is -0.362. The van der Waals surface area contributed by atoms with Gasteiger partial charge in [-0.15, -0.1) is 0 Å². The van der Waals surface area contributed by atoms with E-state index in [1.165, 1.54) is 5.56 Å². The fourth-order valence-electron chi connectivity index (χ4n) is 3.51. The van der Waals surface area contributed by atoms with Gasteiger partial charge in [0.1, 0.15) is 5.82 Å². The van der Waals surface area contributed by atoms with Gasteiger partial charge in [0.25, 0.3) is 0 Å². The van der Waals surface area contributed by atoms with Crippen LogP contribution in [0.2, 0.25) is 0 Å². The van der Waals surface area contributed by atoms with E-state index in [0.717, 1.165) is 18.5 Å². The lowest BCUT2D eigenvalue weighted by molar-refractivity contribution is -0.116. The number of rotatable bonds is 7. The first kappa shape index (κ1) is 20.2. The van der Waals surface area contributed by atoms with E-state index in [2.05, 4.69) is 24.5 Å². The zero-order valence-electron chi connectivity index (χ0n) is 16.5. The highest BCUT2D eigenvalue weighted by molar-refractivity contribution is 6.00. The number of halogens is 1. The van der Waals surface area contributed by atoms with Crippen molar-refractivity contribution in [3.05, 3.63) is 64.5 Å². The standard InChI is InChI=1S/C23H27FN2O2/c1-15(2)13-16-3-5-17(6-4-16)21(27)9-10-22(28)26-20-8-7-18-14-25-12-11-19(18)23(20)24/h3-8,15,25H,9-14H2,1-2H3,(H,26,28). The summed E-state index contributed by atoms with van der Waals surface area (Å²) in [6, 6.07) is 11.0. The van der Waals surface area contributed by atoms with Crippen LogP contribution in [0, 0.1) is 11.7 Å². The van der Waals surface area contributed by atoms with Crippen LogP contribution in [0.4, 0.5) is 10.1 Å². The predicted octanol–water partition coefficient (Wildman–Crippen LogP) is 4.27. The van der Waals surface area contributed by atoms with Crippen molar-refractivity contribution >= 4 is 17.4 Å². The van der Waals surface area contributed by atoms with Crippen LogP contribution in [0.3, 0.4) is 0 Å². The number of Topliss-reactive ketones (excluding diaryl/α,β-unsaturated/α-hetero) is 1. The van der Waals surface area contributed by atoms with Crippen molar-refractivity contribution in [1.29, 1.82) is 0 Å². The Bertz CT molecular complexity index is 860. The van der Waals surface area contributed by atoms with Crippen molar-refractivity contribution in [2.45, 2.75) is 46.1 Å². The minimum absolute atomic E-state index is 0.0324. The SMILES string of the molecule is CC(C)Cc1ccc(C(=O)CCC(=O)Nc2ccc3c(c2F)CCNC3)cc1. The molecule has 2 N–H and O–H groups in total. The molecule has 148 valence electrons. The van der Waals surface area contributed by atoms with Gasteiger partial charge in [0.05, 0.1) is 5.69 Å². The molecule has 0 unspecified atom stereocenters. The number of fused-ring (bicyclic) bond motifs is 1. The average molecular weight is 382 g/mol. The molecule has 0 spiro atoms. The molecule has 0 atom stereocenters. The van der Waals surface area contributed by atoms with Crippen molar-refractivity contribution in [3.8, 4) is 0 Å². The molecular weight excluding hydrogens is 355 g/mol. The molecule has 5 heteroatoms.